The molecule has 4 aromatic rings. The van der Waals surface area contributed by atoms with Gasteiger partial charge in [0.05, 0.1) is 27.8 Å². The first-order valence-corrected chi connectivity index (χ1v) is 21.3. The van der Waals surface area contributed by atoms with E-state index in [9.17, 15) is 0 Å². The maximum absolute atomic E-state index is 6.68. The zero-order valence-electron chi connectivity index (χ0n) is 35.4. The molecule has 0 bridgehead atoms. The van der Waals surface area contributed by atoms with Crippen LogP contribution in [0.3, 0.4) is 0 Å². The smallest absolute Gasteiger partial charge is 0.399 e. The van der Waals surface area contributed by atoms with Crippen molar-refractivity contribution in [3.05, 3.63) is 118 Å². The summed E-state index contributed by atoms with van der Waals surface area (Å²) >= 11 is 0. The van der Waals surface area contributed by atoms with E-state index in [0.717, 1.165) is 23.8 Å². The van der Waals surface area contributed by atoms with Crippen LogP contribution < -0.4 is 10.9 Å². The summed E-state index contributed by atoms with van der Waals surface area (Å²) in [5.74, 6) is 0. The SMILES string of the molecule is CCCCCCc1ccc(C2(c3ccc(CCCCCC)cc3)c3cc(B4OC(C)(C)C(C)(C)O4)ccc3-c3ccc(B4OC(C)(C)C(C)(C)O4)cc32)cc1. The van der Waals surface area contributed by atoms with Gasteiger partial charge in [-0.25, -0.2) is 0 Å². The summed E-state index contributed by atoms with van der Waals surface area (Å²) in [5, 5.41) is 0. The fourth-order valence-corrected chi connectivity index (χ4v) is 8.75. The first kappa shape index (κ1) is 40.1. The Kier molecular flexibility index (Phi) is 11.2. The Morgan fingerprint density at radius 1 is 0.418 bits per heavy atom. The van der Waals surface area contributed by atoms with Crippen LogP contribution in [0.4, 0.5) is 0 Å². The molecule has 0 N–H and O–H groups in total. The van der Waals surface area contributed by atoms with Gasteiger partial charge < -0.3 is 18.6 Å². The predicted octanol–water partition coefficient (Wildman–Crippen LogP) is 10.9. The van der Waals surface area contributed by atoms with Crippen molar-refractivity contribution in [3.63, 3.8) is 0 Å². The normalized spacial score (nSPS) is 19.8. The molecule has 2 heterocycles. The number of rotatable bonds is 14. The van der Waals surface area contributed by atoms with E-state index in [-0.39, 0.29) is 0 Å². The van der Waals surface area contributed by atoms with E-state index in [1.807, 2.05) is 0 Å². The molecular weight excluding hydrogens is 674 g/mol. The Labute approximate surface area is 333 Å². The summed E-state index contributed by atoms with van der Waals surface area (Å²) < 4.78 is 26.7. The summed E-state index contributed by atoms with van der Waals surface area (Å²) in [4.78, 5) is 0. The van der Waals surface area contributed by atoms with Crippen LogP contribution in [0.15, 0.2) is 84.9 Å². The van der Waals surface area contributed by atoms with Gasteiger partial charge in [0.15, 0.2) is 0 Å². The summed E-state index contributed by atoms with van der Waals surface area (Å²) in [5.41, 5.74) is 10.1. The molecule has 0 spiro atoms. The van der Waals surface area contributed by atoms with Gasteiger partial charge in [-0.2, -0.15) is 0 Å². The van der Waals surface area contributed by atoms with Crippen LogP contribution in [0.2, 0.25) is 0 Å². The van der Waals surface area contributed by atoms with Crippen molar-refractivity contribution in [2.45, 2.75) is 161 Å². The molecule has 2 aliphatic heterocycles. The van der Waals surface area contributed by atoms with Crippen molar-refractivity contribution < 1.29 is 18.6 Å². The molecule has 6 heteroatoms. The summed E-state index contributed by atoms with van der Waals surface area (Å²) in [6.45, 7) is 21.6. The minimum atomic E-state index is -0.592. The molecule has 2 fully saturated rings. The van der Waals surface area contributed by atoms with Gasteiger partial charge in [0.2, 0.25) is 0 Å². The highest BCUT2D eigenvalue weighted by Gasteiger charge is 2.55. The highest BCUT2D eigenvalue weighted by atomic mass is 16.7. The van der Waals surface area contributed by atoms with Gasteiger partial charge in [0.25, 0.3) is 0 Å². The minimum absolute atomic E-state index is 0.436. The van der Waals surface area contributed by atoms with Gasteiger partial charge >= 0.3 is 14.2 Å². The minimum Gasteiger partial charge on any atom is -0.399 e. The second-order valence-corrected chi connectivity index (χ2v) is 18.6. The standard InChI is InChI=1S/C49H64B2O4/c1-11-13-15-17-19-35-21-25-37(26-22-35)49(38-27-23-36(24-28-38)20-18-16-14-12-2)43-33-39(50-52-45(3,4)46(5,6)53-50)29-31-41(43)42-32-30-40(34-44(42)49)51-54-47(7,8)48(9,10)55-51/h21-34H,11-20H2,1-10H3. The van der Waals surface area contributed by atoms with Crippen LogP contribution in [-0.2, 0) is 36.9 Å². The second kappa shape index (κ2) is 15.3. The van der Waals surface area contributed by atoms with Gasteiger partial charge in [-0.1, -0.05) is 137 Å². The van der Waals surface area contributed by atoms with E-state index >= 15 is 0 Å². The van der Waals surface area contributed by atoms with Crippen LogP contribution in [0.1, 0.15) is 154 Å². The third kappa shape index (κ3) is 7.31. The van der Waals surface area contributed by atoms with E-state index in [2.05, 4.69) is 154 Å². The maximum atomic E-state index is 6.68. The lowest BCUT2D eigenvalue weighted by Crippen LogP contribution is -2.41. The third-order valence-electron chi connectivity index (χ3n) is 13.6. The molecule has 0 radical (unpaired) electrons. The molecule has 0 saturated carbocycles. The maximum Gasteiger partial charge on any atom is 0.494 e. The highest BCUT2D eigenvalue weighted by molar-refractivity contribution is 6.62. The zero-order valence-corrected chi connectivity index (χ0v) is 35.4. The fourth-order valence-electron chi connectivity index (χ4n) is 8.75. The van der Waals surface area contributed by atoms with Crippen molar-refractivity contribution in [2.24, 2.45) is 0 Å². The fraction of sp³-hybridized carbons (Fsp3) is 0.510. The van der Waals surface area contributed by atoms with Gasteiger partial charge in [-0.3, -0.25) is 0 Å². The molecule has 4 nitrogen and oxygen atoms in total. The number of unbranched alkanes of at least 4 members (excludes halogenated alkanes) is 6. The summed E-state index contributed by atoms with van der Waals surface area (Å²) in [6.07, 6.45) is 12.3. The second-order valence-electron chi connectivity index (χ2n) is 18.6. The molecule has 0 aromatic heterocycles. The van der Waals surface area contributed by atoms with Gasteiger partial charge in [-0.15, -0.1) is 0 Å². The zero-order chi connectivity index (χ0) is 39.2. The van der Waals surface area contributed by atoms with Gasteiger partial charge in [-0.05, 0) is 137 Å². The van der Waals surface area contributed by atoms with Gasteiger partial charge in [0.1, 0.15) is 0 Å². The first-order chi connectivity index (χ1) is 26.1. The Morgan fingerprint density at radius 2 is 0.764 bits per heavy atom. The average Bonchev–Trinajstić information content (AvgIpc) is 3.66. The molecule has 3 aliphatic rings. The van der Waals surface area contributed by atoms with Crippen molar-refractivity contribution in [2.75, 3.05) is 0 Å². The molecule has 1 aliphatic carbocycles. The number of hydrogen-bond acceptors (Lipinski definition) is 4. The topological polar surface area (TPSA) is 36.9 Å². The predicted molar refractivity (Wildman–Crippen MR) is 231 cm³/mol. The van der Waals surface area contributed by atoms with Crippen LogP contribution >= 0.6 is 0 Å². The lowest BCUT2D eigenvalue weighted by molar-refractivity contribution is 0.00578. The lowest BCUT2D eigenvalue weighted by atomic mass is 9.65. The highest BCUT2D eigenvalue weighted by Crippen LogP contribution is 2.56. The molecule has 55 heavy (non-hydrogen) atoms. The Morgan fingerprint density at radius 3 is 1.09 bits per heavy atom. The molecule has 4 aromatic carbocycles. The average molecular weight is 739 g/mol. The first-order valence-electron chi connectivity index (χ1n) is 21.3. The van der Waals surface area contributed by atoms with E-state index < -0.39 is 42.1 Å². The van der Waals surface area contributed by atoms with Crippen molar-refractivity contribution in [1.29, 1.82) is 0 Å². The Balaban J connectivity index is 1.41. The van der Waals surface area contributed by atoms with Crippen LogP contribution in [0, 0.1) is 0 Å². The summed E-state index contributed by atoms with van der Waals surface area (Å²) in [7, 11) is -0.930. The number of aryl methyl sites for hydroxylation is 2. The lowest BCUT2D eigenvalue weighted by Gasteiger charge is -2.35. The Hall–Kier alpha value is -3.15. The monoisotopic (exact) mass is 738 g/mol. The Bertz CT molecular complexity index is 1790. The van der Waals surface area contributed by atoms with Crippen molar-refractivity contribution in [3.8, 4) is 11.1 Å². The molecule has 7 rings (SSSR count). The van der Waals surface area contributed by atoms with Crippen molar-refractivity contribution in [1.82, 2.24) is 0 Å². The number of hydrogen-bond donors (Lipinski definition) is 0. The van der Waals surface area contributed by atoms with E-state index in [1.54, 1.807) is 0 Å². The summed E-state index contributed by atoms with van der Waals surface area (Å²) in [6, 6.07) is 32.9. The third-order valence-corrected chi connectivity index (χ3v) is 13.6. The quantitative estimate of drug-likeness (QED) is 0.0840. The molecular formula is C49H64B2O4. The van der Waals surface area contributed by atoms with Crippen LogP contribution in [0.5, 0.6) is 0 Å². The molecule has 0 atom stereocenters. The number of fused-ring (bicyclic) bond motifs is 3. The van der Waals surface area contributed by atoms with Crippen molar-refractivity contribution >= 4 is 25.2 Å². The molecule has 2 saturated heterocycles. The van der Waals surface area contributed by atoms with Crippen LogP contribution in [0.25, 0.3) is 11.1 Å². The van der Waals surface area contributed by atoms with E-state index in [1.165, 1.54) is 95.9 Å². The molecule has 0 unspecified atom stereocenters. The molecule has 0 amide bonds. The van der Waals surface area contributed by atoms with Gasteiger partial charge in [0, 0.05) is 0 Å². The molecule has 290 valence electrons. The largest absolute Gasteiger partial charge is 0.494 e. The van der Waals surface area contributed by atoms with E-state index in [4.69, 9.17) is 18.6 Å². The number of benzene rings is 4. The van der Waals surface area contributed by atoms with Crippen LogP contribution in [-0.4, -0.2) is 36.6 Å². The van der Waals surface area contributed by atoms with E-state index in [0.29, 0.717) is 0 Å².